The van der Waals surface area contributed by atoms with Crippen molar-refractivity contribution in [3.8, 4) is 11.1 Å². The Morgan fingerprint density at radius 1 is 0.793 bits per heavy atom. The summed E-state index contributed by atoms with van der Waals surface area (Å²) in [6, 6.07) is 37.0. The van der Waals surface area contributed by atoms with Crippen LogP contribution in [-0.4, -0.2) is 35.3 Å². The third-order valence-electron chi connectivity index (χ3n) is 10.8. The fraction of sp³-hybridized carbons (Fsp3) is 0.0943. The van der Waals surface area contributed by atoms with Crippen molar-refractivity contribution in [1.29, 1.82) is 5.41 Å². The Morgan fingerprint density at radius 3 is 2.28 bits per heavy atom. The minimum absolute atomic E-state index is 0.603. The third kappa shape index (κ3) is 6.89. The van der Waals surface area contributed by atoms with Crippen LogP contribution in [0.3, 0.4) is 0 Å². The lowest BCUT2D eigenvalue weighted by molar-refractivity contribution is 0.997. The number of hydrogen-bond acceptors (Lipinski definition) is 3. The first-order valence-electron chi connectivity index (χ1n) is 19.7. The van der Waals surface area contributed by atoms with Gasteiger partial charge in [0.15, 0.2) is 0 Å². The van der Waals surface area contributed by atoms with Gasteiger partial charge < -0.3 is 14.5 Å². The lowest BCUT2D eigenvalue weighted by atomic mass is 9.95. The Balaban J connectivity index is 0.000000376. The van der Waals surface area contributed by atoms with Crippen molar-refractivity contribution in [1.82, 2.24) is 9.13 Å². The van der Waals surface area contributed by atoms with E-state index in [1.807, 2.05) is 30.5 Å². The summed E-state index contributed by atoms with van der Waals surface area (Å²) >= 11 is 0. The highest BCUT2D eigenvalue weighted by Gasteiger charge is 2.31. The Kier molecular flexibility index (Phi) is 11.2. The van der Waals surface area contributed by atoms with Gasteiger partial charge in [-0.25, -0.2) is 0 Å². The molecule has 0 aliphatic heterocycles. The van der Waals surface area contributed by atoms with Crippen molar-refractivity contribution >= 4 is 74.7 Å². The smallest absolute Gasteiger partial charge is 0.0648 e. The predicted molar refractivity (Wildman–Crippen MR) is 251 cm³/mol. The summed E-state index contributed by atoms with van der Waals surface area (Å²) in [5.74, 6) is 0. The van der Waals surface area contributed by atoms with Gasteiger partial charge in [0.25, 0.3) is 0 Å². The van der Waals surface area contributed by atoms with Crippen LogP contribution < -0.4 is 0 Å². The molecule has 5 nitrogen and oxygen atoms in total. The second-order valence-corrected chi connectivity index (χ2v) is 14.2. The molecule has 3 aliphatic rings. The monoisotopic (exact) mass is 751 g/mol. The van der Waals surface area contributed by atoms with Crippen LogP contribution in [-0.2, 0) is 13.0 Å². The second kappa shape index (κ2) is 17.2. The van der Waals surface area contributed by atoms with Crippen LogP contribution >= 0.6 is 0 Å². The van der Waals surface area contributed by atoms with Gasteiger partial charge in [-0.2, -0.15) is 0 Å². The summed E-state index contributed by atoms with van der Waals surface area (Å²) in [5, 5.41) is 10.5. The summed E-state index contributed by atoms with van der Waals surface area (Å²) in [7, 11) is 0. The second-order valence-electron chi connectivity index (χ2n) is 14.2. The molecule has 7 aromatic rings. The van der Waals surface area contributed by atoms with Gasteiger partial charge in [0.2, 0.25) is 0 Å². The molecule has 5 aromatic carbocycles. The number of allylic oxidation sites excluding steroid dienone is 10. The maximum Gasteiger partial charge on any atom is 0.0648 e. The molecule has 0 amide bonds. The molecule has 0 fully saturated rings. The van der Waals surface area contributed by atoms with Crippen molar-refractivity contribution in [3.05, 3.63) is 198 Å². The van der Waals surface area contributed by atoms with E-state index in [0.717, 1.165) is 29.9 Å². The first-order chi connectivity index (χ1) is 28.8. The molecule has 2 heterocycles. The molecule has 10 rings (SSSR count). The van der Waals surface area contributed by atoms with Gasteiger partial charge in [-0.15, -0.1) is 5.73 Å². The summed E-state index contributed by atoms with van der Waals surface area (Å²) in [4.78, 5) is 8.79. The minimum atomic E-state index is 0.603. The minimum Gasteiger partial charge on any atom is -0.317 e. The van der Waals surface area contributed by atoms with Crippen LogP contribution in [0.1, 0.15) is 29.5 Å². The number of fused-ring (bicyclic) bond motifs is 12. The van der Waals surface area contributed by atoms with E-state index in [0.29, 0.717) is 6.54 Å². The summed E-state index contributed by atoms with van der Waals surface area (Å²) in [6.07, 6.45) is 26.1. The first-order valence-corrected chi connectivity index (χ1v) is 19.7. The molecule has 0 radical (unpaired) electrons. The molecule has 3 aliphatic carbocycles. The van der Waals surface area contributed by atoms with E-state index in [9.17, 15) is 0 Å². The van der Waals surface area contributed by atoms with Crippen molar-refractivity contribution in [2.24, 2.45) is 9.98 Å². The van der Waals surface area contributed by atoms with Crippen LogP contribution in [0, 0.1) is 5.41 Å². The van der Waals surface area contributed by atoms with Gasteiger partial charge in [-0.1, -0.05) is 134 Å². The Morgan fingerprint density at radius 2 is 1.53 bits per heavy atom. The fourth-order valence-corrected chi connectivity index (χ4v) is 8.48. The zero-order valence-electron chi connectivity index (χ0n) is 32.6. The van der Waals surface area contributed by atoms with Gasteiger partial charge in [0.1, 0.15) is 0 Å². The maximum absolute atomic E-state index is 5.50. The van der Waals surface area contributed by atoms with E-state index < -0.39 is 0 Å². The van der Waals surface area contributed by atoms with Crippen molar-refractivity contribution in [3.63, 3.8) is 0 Å². The number of nitrogens with zero attached hydrogens (tertiary/aromatic N) is 4. The maximum atomic E-state index is 5.50. The average molecular weight is 752 g/mol. The first kappa shape index (κ1) is 37.6. The molecule has 2 aromatic heterocycles. The molecule has 5 heteroatoms. The Labute approximate surface area is 339 Å². The number of para-hydroxylation sites is 2. The molecule has 282 valence electrons. The highest BCUT2D eigenvalue weighted by molar-refractivity contribution is 6.33. The molecule has 0 spiro atoms. The molecule has 0 unspecified atom stereocenters. The number of aromatic nitrogens is 2. The Hall–Kier alpha value is -7.33. The van der Waals surface area contributed by atoms with Gasteiger partial charge >= 0.3 is 0 Å². The van der Waals surface area contributed by atoms with Gasteiger partial charge in [-0.3, -0.25) is 9.98 Å². The highest BCUT2D eigenvalue weighted by atomic mass is 15.0. The third-order valence-corrected chi connectivity index (χ3v) is 10.8. The quantitative estimate of drug-likeness (QED) is 0.0867. The largest absolute Gasteiger partial charge is 0.317 e. The SMILES string of the molecule is C=C/C=C\C=C(/C=NCc1ccccc1)n1c2ccccc2c2c3c(c4c(c5ccccc5n4C4=CC=C=C4)c21)Cc1ccccc1-3.C=N.C=NCC1=CCCC=C1. The average Bonchev–Trinajstić information content (AvgIpc) is 4.08. The molecule has 0 saturated heterocycles. The van der Waals surface area contributed by atoms with Gasteiger partial charge in [0.05, 0.1) is 46.6 Å². The molecule has 0 atom stereocenters. The van der Waals surface area contributed by atoms with Crippen LogP contribution in [0.25, 0.3) is 66.1 Å². The highest BCUT2D eigenvalue weighted by Crippen LogP contribution is 2.52. The van der Waals surface area contributed by atoms with Crippen molar-refractivity contribution in [2.75, 3.05) is 6.54 Å². The van der Waals surface area contributed by atoms with Gasteiger partial charge in [-0.05, 0) is 90.0 Å². The lowest BCUT2D eigenvalue weighted by Gasteiger charge is -2.14. The molecule has 0 bridgehead atoms. The number of hydrogen-bond donors (Lipinski definition) is 1. The molecule has 0 saturated carbocycles. The van der Waals surface area contributed by atoms with E-state index in [2.05, 4.69) is 179 Å². The molecule has 1 N–H and O–H groups in total. The van der Waals surface area contributed by atoms with Crippen molar-refractivity contribution < 1.29 is 0 Å². The predicted octanol–water partition coefficient (Wildman–Crippen LogP) is 13.1. The number of rotatable bonds is 9. The standard InChI is InChI=1S/C44H31N3.C8H11N.CH3N/c1-2-3-5-21-33(29-45-28-30-16-6-4-7-17-30)47-38-25-14-12-23-35(38)41-40-34-22-11-8-18-31(34)27-37(40)43-42(44(41)47)36-24-13-15-26-39(36)46(43)32-19-9-10-20-32;1-9-7-8-5-3-2-4-6-8;1-2/h2-9,11-26,29H,1,27-28H2;3,5-6H,1-2,4,7H2;2H,1H2/b5-3-,33-21+,45-29?;;. The molecular formula is C53H45N5. The van der Waals surface area contributed by atoms with Crippen LogP contribution in [0.5, 0.6) is 0 Å². The Bertz CT molecular complexity index is 2970. The van der Waals surface area contributed by atoms with E-state index in [4.69, 9.17) is 10.4 Å². The van der Waals surface area contributed by atoms with E-state index in [1.165, 1.54) is 84.3 Å². The normalized spacial score (nSPS) is 14.1. The van der Waals surface area contributed by atoms with E-state index in [1.54, 1.807) is 0 Å². The zero-order valence-corrected chi connectivity index (χ0v) is 32.6. The number of benzene rings is 5. The van der Waals surface area contributed by atoms with E-state index in [-0.39, 0.29) is 0 Å². The lowest BCUT2D eigenvalue weighted by Crippen LogP contribution is -2.01. The number of aliphatic imine (C=N–C) groups is 2. The van der Waals surface area contributed by atoms with Crippen molar-refractivity contribution in [2.45, 2.75) is 25.8 Å². The number of nitrogens with one attached hydrogen (secondary N) is 1. The van der Waals surface area contributed by atoms with Crippen LogP contribution in [0.4, 0.5) is 0 Å². The topological polar surface area (TPSA) is 58.4 Å². The summed E-state index contributed by atoms with van der Waals surface area (Å²) < 4.78 is 4.89. The van der Waals surface area contributed by atoms with E-state index >= 15 is 0 Å². The molecule has 58 heavy (non-hydrogen) atoms. The summed E-state index contributed by atoms with van der Waals surface area (Å²) in [5.41, 5.74) is 18.1. The van der Waals surface area contributed by atoms with Gasteiger partial charge in [0, 0.05) is 40.3 Å². The van der Waals surface area contributed by atoms with Crippen LogP contribution in [0.2, 0.25) is 0 Å². The summed E-state index contributed by atoms with van der Waals surface area (Å²) in [6.45, 7) is 11.2. The zero-order chi connectivity index (χ0) is 39.8. The fourth-order valence-electron chi connectivity index (χ4n) is 8.48. The molecular weight excluding hydrogens is 707 g/mol. The van der Waals surface area contributed by atoms with Crippen LogP contribution in [0.15, 0.2) is 192 Å².